The van der Waals surface area contributed by atoms with E-state index in [1.165, 1.54) is 0 Å². The average Bonchev–Trinajstić information content (AvgIpc) is 3.05. The van der Waals surface area contributed by atoms with Crippen LogP contribution in [0.3, 0.4) is 0 Å². The minimum atomic E-state index is -0.236. The number of carbonyl (C=O) groups excluding carboxylic acids is 2. The minimum Gasteiger partial charge on any atom is -0.348 e. The van der Waals surface area contributed by atoms with Crippen molar-refractivity contribution in [1.29, 1.82) is 0 Å². The zero-order chi connectivity index (χ0) is 21.7. The van der Waals surface area contributed by atoms with Crippen molar-refractivity contribution in [2.24, 2.45) is 0 Å². The Balaban J connectivity index is 1.56. The topological polar surface area (TPSA) is 75.2 Å². The van der Waals surface area contributed by atoms with Gasteiger partial charge in [0, 0.05) is 40.9 Å². The quantitative estimate of drug-likeness (QED) is 0.564. The summed E-state index contributed by atoms with van der Waals surface area (Å²) in [6.07, 6.45) is 0. The molecule has 1 heterocycles. The molecule has 0 saturated heterocycles. The van der Waals surface area contributed by atoms with E-state index < -0.39 is 0 Å². The van der Waals surface area contributed by atoms with E-state index in [1.807, 2.05) is 62.4 Å². The van der Waals surface area contributed by atoms with Crippen LogP contribution in [0.2, 0.25) is 0 Å². The number of aryl methyl sites for hydroxylation is 2. The summed E-state index contributed by atoms with van der Waals surface area (Å²) in [5.74, 6) is -0.124. The standard InChI is InChI=1S/C24H28N4O2/c1-16(2)26-24(30)27-21-11-7-19(8-12-21)15-25-23(29)20-9-13-22(14-10-20)28-17(3)5-6-18(28)4/h5-14,16H,15H2,1-4H3,(H,25,29)(H2,26,27,30). The summed E-state index contributed by atoms with van der Waals surface area (Å²) in [7, 11) is 0. The number of rotatable bonds is 6. The molecule has 0 aliphatic carbocycles. The van der Waals surface area contributed by atoms with Gasteiger partial charge in [0.15, 0.2) is 0 Å². The second kappa shape index (κ2) is 9.31. The molecule has 1 aromatic heterocycles. The Kier molecular flexibility index (Phi) is 6.57. The molecule has 3 amide bonds. The van der Waals surface area contributed by atoms with Crippen LogP contribution in [0.15, 0.2) is 60.7 Å². The molecule has 0 spiro atoms. The minimum absolute atomic E-state index is 0.0740. The van der Waals surface area contributed by atoms with E-state index in [2.05, 4.69) is 46.5 Å². The first-order valence-corrected chi connectivity index (χ1v) is 10.0. The highest BCUT2D eigenvalue weighted by molar-refractivity contribution is 5.94. The van der Waals surface area contributed by atoms with Crippen LogP contribution in [0.1, 0.15) is 41.2 Å². The third kappa shape index (κ3) is 5.29. The third-order valence-electron chi connectivity index (χ3n) is 4.74. The Bertz CT molecular complexity index is 999. The van der Waals surface area contributed by atoms with Crippen LogP contribution in [0.4, 0.5) is 10.5 Å². The molecule has 6 heteroatoms. The zero-order valence-electron chi connectivity index (χ0n) is 17.8. The number of aromatic nitrogens is 1. The fourth-order valence-electron chi connectivity index (χ4n) is 3.26. The van der Waals surface area contributed by atoms with Crippen LogP contribution in [0.5, 0.6) is 0 Å². The predicted octanol–water partition coefficient (Wildman–Crippen LogP) is 4.55. The molecule has 0 atom stereocenters. The maximum Gasteiger partial charge on any atom is 0.319 e. The molecule has 3 N–H and O–H groups in total. The molecule has 2 aromatic carbocycles. The maximum absolute atomic E-state index is 12.5. The summed E-state index contributed by atoms with van der Waals surface area (Å²) in [5, 5.41) is 8.48. The van der Waals surface area contributed by atoms with Crippen molar-refractivity contribution < 1.29 is 9.59 Å². The van der Waals surface area contributed by atoms with Crippen molar-refractivity contribution in [1.82, 2.24) is 15.2 Å². The molecule has 0 bridgehead atoms. The number of urea groups is 1. The predicted molar refractivity (Wildman–Crippen MR) is 120 cm³/mol. The lowest BCUT2D eigenvalue weighted by Gasteiger charge is -2.11. The fourth-order valence-corrected chi connectivity index (χ4v) is 3.26. The average molecular weight is 405 g/mol. The van der Waals surface area contributed by atoms with Crippen LogP contribution < -0.4 is 16.0 Å². The summed E-state index contributed by atoms with van der Waals surface area (Å²) < 4.78 is 2.15. The van der Waals surface area contributed by atoms with Crippen molar-refractivity contribution in [3.63, 3.8) is 0 Å². The number of nitrogens with zero attached hydrogens (tertiary/aromatic N) is 1. The monoisotopic (exact) mass is 404 g/mol. The molecule has 6 nitrogen and oxygen atoms in total. The summed E-state index contributed by atoms with van der Waals surface area (Å²) in [5.41, 5.74) is 5.62. The van der Waals surface area contributed by atoms with E-state index in [0.717, 1.165) is 22.6 Å². The third-order valence-corrected chi connectivity index (χ3v) is 4.74. The van der Waals surface area contributed by atoms with Gasteiger partial charge in [-0.1, -0.05) is 12.1 Å². The van der Waals surface area contributed by atoms with Gasteiger partial charge in [-0.05, 0) is 81.8 Å². The summed E-state index contributed by atoms with van der Waals surface area (Å²) >= 11 is 0. The number of benzene rings is 2. The van der Waals surface area contributed by atoms with E-state index in [0.29, 0.717) is 17.8 Å². The van der Waals surface area contributed by atoms with Crippen LogP contribution in [-0.4, -0.2) is 22.5 Å². The van der Waals surface area contributed by atoms with E-state index in [4.69, 9.17) is 0 Å². The molecule has 0 aliphatic heterocycles. The molecular weight excluding hydrogens is 376 g/mol. The van der Waals surface area contributed by atoms with E-state index >= 15 is 0 Å². The summed E-state index contributed by atoms with van der Waals surface area (Å²) in [6, 6.07) is 19.0. The van der Waals surface area contributed by atoms with Gasteiger partial charge in [0.1, 0.15) is 0 Å². The van der Waals surface area contributed by atoms with Gasteiger partial charge in [-0.3, -0.25) is 4.79 Å². The number of hydrogen-bond donors (Lipinski definition) is 3. The largest absolute Gasteiger partial charge is 0.348 e. The highest BCUT2D eigenvalue weighted by atomic mass is 16.2. The van der Waals surface area contributed by atoms with Crippen molar-refractivity contribution in [3.05, 3.63) is 83.2 Å². The zero-order valence-corrected chi connectivity index (χ0v) is 17.8. The van der Waals surface area contributed by atoms with Crippen LogP contribution in [-0.2, 0) is 6.54 Å². The Hall–Kier alpha value is -3.54. The first kappa shape index (κ1) is 21.2. The van der Waals surface area contributed by atoms with Crippen LogP contribution in [0, 0.1) is 13.8 Å². The van der Waals surface area contributed by atoms with E-state index in [-0.39, 0.29) is 18.0 Å². The Labute approximate surface area is 177 Å². The van der Waals surface area contributed by atoms with Crippen molar-refractivity contribution in [3.8, 4) is 5.69 Å². The van der Waals surface area contributed by atoms with Crippen LogP contribution >= 0.6 is 0 Å². The maximum atomic E-state index is 12.5. The van der Waals surface area contributed by atoms with E-state index in [9.17, 15) is 9.59 Å². The lowest BCUT2D eigenvalue weighted by molar-refractivity contribution is 0.0951. The normalized spacial score (nSPS) is 10.7. The van der Waals surface area contributed by atoms with Gasteiger partial charge in [-0.25, -0.2) is 4.79 Å². The molecule has 0 unspecified atom stereocenters. The van der Waals surface area contributed by atoms with Gasteiger partial charge >= 0.3 is 6.03 Å². The lowest BCUT2D eigenvalue weighted by Crippen LogP contribution is -2.34. The van der Waals surface area contributed by atoms with Gasteiger partial charge in [0.2, 0.25) is 0 Å². The number of amides is 3. The van der Waals surface area contributed by atoms with Gasteiger partial charge in [0.25, 0.3) is 5.91 Å². The second-order valence-electron chi connectivity index (χ2n) is 7.63. The van der Waals surface area contributed by atoms with Gasteiger partial charge in [-0.2, -0.15) is 0 Å². The number of carbonyl (C=O) groups is 2. The van der Waals surface area contributed by atoms with Crippen LogP contribution in [0.25, 0.3) is 5.69 Å². The molecule has 0 aliphatic rings. The van der Waals surface area contributed by atoms with Gasteiger partial charge < -0.3 is 20.5 Å². The highest BCUT2D eigenvalue weighted by Crippen LogP contribution is 2.17. The van der Waals surface area contributed by atoms with Gasteiger partial charge in [-0.15, -0.1) is 0 Å². The Morgan fingerprint density at radius 2 is 1.47 bits per heavy atom. The van der Waals surface area contributed by atoms with E-state index in [1.54, 1.807) is 0 Å². The Morgan fingerprint density at radius 1 is 0.867 bits per heavy atom. The molecule has 3 rings (SSSR count). The van der Waals surface area contributed by atoms with Crippen molar-refractivity contribution in [2.75, 3.05) is 5.32 Å². The number of hydrogen-bond acceptors (Lipinski definition) is 2. The molecule has 0 fully saturated rings. The SMILES string of the molecule is Cc1ccc(C)n1-c1ccc(C(=O)NCc2ccc(NC(=O)NC(C)C)cc2)cc1. The van der Waals surface area contributed by atoms with Crippen molar-refractivity contribution in [2.45, 2.75) is 40.3 Å². The second-order valence-corrected chi connectivity index (χ2v) is 7.63. The molecular formula is C24H28N4O2. The first-order valence-electron chi connectivity index (χ1n) is 10.0. The molecule has 0 radical (unpaired) electrons. The Morgan fingerprint density at radius 3 is 2.03 bits per heavy atom. The molecule has 3 aromatic rings. The number of nitrogens with one attached hydrogen (secondary N) is 3. The summed E-state index contributed by atoms with van der Waals surface area (Å²) in [6.45, 7) is 8.34. The number of anilines is 1. The molecule has 30 heavy (non-hydrogen) atoms. The smallest absolute Gasteiger partial charge is 0.319 e. The lowest BCUT2D eigenvalue weighted by atomic mass is 10.1. The first-order chi connectivity index (χ1) is 14.3. The van der Waals surface area contributed by atoms with Crippen molar-refractivity contribution >= 4 is 17.6 Å². The van der Waals surface area contributed by atoms with Gasteiger partial charge in [0.05, 0.1) is 0 Å². The highest BCUT2D eigenvalue weighted by Gasteiger charge is 2.08. The summed E-state index contributed by atoms with van der Waals surface area (Å²) in [4.78, 5) is 24.2. The fraction of sp³-hybridized carbons (Fsp3) is 0.250. The molecule has 156 valence electrons. The molecule has 0 saturated carbocycles.